The van der Waals surface area contributed by atoms with Gasteiger partial charge in [0.15, 0.2) is 5.72 Å². The molecule has 30 heavy (non-hydrogen) atoms. The van der Waals surface area contributed by atoms with Crippen molar-refractivity contribution in [2.45, 2.75) is 31.5 Å². The summed E-state index contributed by atoms with van der Waals surface area (Å²) in [6.45, 7) is 5.47. The van der Waals surface area contributed by atoms with E-state index in [-0.39, 0.29) is 11.8 Å². The maximum Gasteiger partial charge on any atom is 0.182 e. The van der Waals surface area contributed by atoms with Crippen LogP contribution in [0.1, 0.15) is 36.9 Å². The highest BCUT2D eigenvalue weighted by Crippen LogP contribution is 2.48. The molecule has 0 bridgehead atoms. The molecular weight excluding hydrogens is 370 g/mol. The zero-order valence-electron chi connectivity index (χ0n) is 17.3. The van der Waals surface area contributed by atoms with Gasteiger partial charge in [-0.05, 0) is 41.1 Å². The molecule has 0 aliphatic carbocycles. The molecule has 1 saturated heterocycles. The number of hydrogen-bond donors (Lipinski definition) is 1. The predicted octanol–water partition coefficient (Wildman–Crippen LogP) is 4.95. The lowest BCUT2D eigenvalue weighted by molar-refractivity contribution is -0.159. The van der Waals surface area contributed by atoms with Crippen LogP contribution in [0.2, 0.25) is 0 Å². The number of piperidine rings is 1. The molecular formula is C26H27N3O. The van der Waals surface area contributed by atoms with E-state index in [0.717, 1.165) is 38.2 Å². The number of benzene rings is 3. The molecule has 0 radical (unpaired) electrons. The Balaban J connectivity index is 1.40. The average Bonchev–Trinajstić information content (AvgIpc) is 3.26. The highest BCUT2D eigenvalue weighted by molar-refractivity contribution is 5.86. The standard InChI is InChI=1S/C26H27N3O/c1-2-28-15-13-26(14-16-28)29-24(22-9-5-6-10-25(22)30-26)18-23(27-29)21-12-11-19-7-3-4-8-20(19)17-21/h3-12,17-18,24,27H,2,13-16H2,1H3/t24-/m1/s1. The number of ether oxygens (including phenoxy) is 1. The van der Waals surface area contributed by atoms with Crippen LogP contribution >= 0.6 is 0 Å². The van der Waals surface area contributed by atoms with E-state index in [1.54, 1.807) is 0 Å². The summed E-state index contributed by atoms with van der Waals surface area (Å²) in [6.07, 6.45) is 4.37. The molecule has 0 saturated carbocycles. The summed E-state index contributed by atoms with van der Waals surface area (Å²) in [6, 6.07) is 24.0. The van der Waals surface area contributed by atoms with Crippen molar-refractivity contribution < 1.29 is 4.74 Å². The van der Waals surface area contributed by atoms with Crippen LogP contribution in [-0.2, 0) is 0 Å². The molecule has 0 unspecified atom stereocenters. The minimum Gasteiger partial charge on any atom is -0.470 e. The minimum atomic E-state index is -0.306. The Morgan fingerprint density at radius 2 is 1.73 bits per heavy atom. The van der Waals surface area contributed by atoms with E-state index in [2.05, 4.69) is 95.1 Å². The number of para-hydroxylation sites is 1. The maximum atomic E-state index is 6.73. The Hall–Kier alpha value is -2.82. The summed E-state index contributed by atoms with van der Waals surface area (Å²) >= 11 is 0. The van der Waals surface area contributed by atoms with Gasteiger partial charge in [-0.3, -0.25) is 0 Å². The highest BCUT2D eigenvalue weighted by atomic mass is 16.5. The Bertz CT molecular complexity index is 1130. The first kappa shape index (κ1) is 18.0. The number of nitrogens with zero attached hydrogens (tertiary/aromatic N) is 2. The van der Waals surface area contributed by atoms with E-state index in [1.807, 2.05) is 0 Å². The van der Waals surface area contributed by atoms with Crippen LogP contribution in [0.4, 0.5) is 0 Å². The normalized spacial score (nSPS) is 22.8. The lowest BCUT2D eigenvalue weighted by atomic mass is 9.93. The van der Waals surface area contributed by atoms with Gasteiger partial charge in [-0.1, -0.05) is 61.5 Å². The number of rotatable bonds is 2. The second-order valence-electron chi connectivity index (χ2n) is 8.59. The third kappa shape index (κ3) is 2.75. The van der Waals surface area contributed by atoms with E-state index in [0.29, 0.717) is 0 Å². The van der Waals surface area contributed by atoms with Crippen LogP contribution in [-0.4, -0.2) is 35.3 Å². The zero-order valence-corrected chi connectivity index (χ0v) is 17.3. The number of nitrogens with one attached hydrogen (secondary N) is 1. The van der Waals surface area contributed by atoms with Crippen molar-refractivity contribution in [3.63, 3.8) is 0 Å². The second-order valence-corrected chi connectivity index (χ2v) is 8.59. The molecule has 3 aromatic rings. The smallest absolute Gasteiger partial charge is 0.182 e. The third-order valence-electron chi connectivity index (χ3n) is 6.97. The summed E-state index contributed by atoms with van der Waals surface area (Å²) in [5, 5.41) is 4.92. The molecule has 3 aliphatic heterocycles. The number of likely N-dealkylation sites (tertiary alicyclic amines) is 1. The van der Waals surface area contributed by atoms with Gasteiger partial charge in [0, 0.05) is 31.5 Å². The molecule has 1 spiro atoms. The summed E-state index contributed by atoms with van der Waals surface area (Å²) in [5.41, 5.74) is 7.09. The Morgan fingerprint density at radius 3 is 2.57 bits per heavy atom. The lowest BCUT2D eigenvalue weighted by Gasteiger charge is -2.51. The van der Waals surface area contributed by atoms with Gasteiger partial charge in [0.1, 0.15) is 5.75 Å². The first-order chi connectivity index (χ1) is 14.8. The first-order valence-corrected chi connectivity index (χ1v) is 11.0. The Morgan fingerprint density at radius 1 is 0.967 bits per heavy atom. The molecule has 0 amide bonds. The molecule has 1 N–H and O–H groups in total. The van der Waals surface area contributed by atoms with Gasteiger partial charge in [-0.15, -0.1) is 0 Å². The van der Waals surface area contributed by atoms with Gasteiger partial charge in [-0.2, -0.15) is 5.01 Å². The molecule has 6 rings (SSSR count). The van der Waals surface area contributed by atoms with E-state index >= 15 is 0 Å². The quantitative estimate of drug-likeness (QED) is 0.662. The van der Waals surface area contributed by atoms with Crippen LogP contribution in [0.3, 0.4) is 0 Å². The summed E-state index contributed by atoms with van der Waals surface area (Å²) in [4.78, 5) is 2.51. The van der Waals surface area contributed by atoms with Crippen LogP contribution in [0.15, 0.2) is 72.8 Å². The van der Waals surface area contributed by atoms with Crippen molar-refractivity contribution >= 4 is 16.5 Å². The van der Waals surface area contributed by atoms with Gasteiger partial charge in [-0.25, -0.2) is 0 Å². The molecule has 3 aliphatic rings. The zero-order chi connectivity index (χ0) is 20.1. The van der Waals surface area contributed by atoms with Crippen LogP contribution < -0.4 is 10.2 Å². The molecule has 4 nitrogen and oxygen atoms in total. The fraction of sp³-hybridized carbons (Fsp3) is 0.308. The van der Waals surface area contributed by atoms with Crippen LogP contribution in [0.25, 0.3) is 16.5 Å². The van der Waals surface area contributed by atoms with Crippen LogP contribution in [0, 0.1) is 0 Å². The average molecular weight is 398 g/mol. The number of hydrazine groups is 1. The fourth-order valence-corrected chi connectivity index (χ4v) is 5.20. The van der Waals surface area contributed by atoms with Crippen molar-refractivity contribution in [1.82, 2.24) is 15.3 Å². The van der Waals surface area contributed by atoms with Crippen molar-refractivity contribution in [2.24, 2.45) is 0 Å². The molecule has 3 heterocycles. The van der Waals surface area contributed by atoms with Gasteiger partial charge in [0.05, 0.1) is 11.7 Å². The lowest BCUT2D eigenvalue weighted by Crippen LogP contribution is -2.63. The Kier molecular flexibility index (Phi) is 4.12. The summed E-state index contributed by atoms with van der Waals surface area (Å²) < 4.78 is 6.73. The van der Waals surface area contributed by atoms with E-state index in [9.17, 15) is 0 Å². The minimum absolute atomic E-state index is 0.185. The topological polar surface area (TPSA) is 27.7 Å². The molecule has 1 atom stereocenters. The van der Waals surface area contributed by atoms with E-state index < -0.39 is 0 Å². The predicted molar refractivity (Wildman–Crippen MR) is 121 cm³/mol. The van der Waals surface area contributed by atoms with Crippen LogP contribution in [0.5, 0.6) is 5.75 Å². The maximum absolute atomic E-state index is 6.73. The molecule has 4 heteroatoms. The molecule has 152 valence electrons. The second kappa shape index (κ2) is 6.86. The van der Waals surface area contributed by atoms with E-state index in [4.69, 9.17) is 4.74 Å². The van der Waals surface area contributed by atoms with Gasteiger partial charge in [0.25, 0.3) is 0 Å². The molecule has 3 aromatic carbocycles. The van der Waals surface area contributed by atoms with E-state index in [1.165, 1.54) is 27.6 Å². The van der Waals surface area contributed by atoms with Gasteiger partial charge >= 0.3 is 0 Å². The van der Waals surface area contributed by atoms with Gasteiger partial charge < -0.3 is 15.1 Å². The largest absolute Gasteiger partial charge is 0.470 e. The number of fused-ring (bicyclic) bond motifs is 5. The number of hydrogen-bond acceptors (Lipinski definition) is 4. The van der Waals surface area contributed by atoms with Crippen molar-refractivity contribution in [1.29, 1.82) is 0 Å². The van der Waals surface area contributed by atoms with Gasteiger partial charge in [0.2, 0.25) is 0 Å². The Labute approximate surface area is 177 Å². The van der Waals surface area contributed by atoms with Crippen molar-refractivity contribution in [2.75, 3.05) is 19.6 Å². The SMILES string of the molecule is CCN1CCC2(CC1)Oc1ccccc1[C@H]1C=C(c3ccc4ccccc4c3)NN12. The summed E-state index contributed by atoms with van der Waals surface area (Å²) in [7, 11) is 0. The molecule has 0 aromatic heterocycles. The highest BCUT2D eigenvalue weighted by Gasteiger charge is 2.51. The summed E-state index contributed by atoms with van der Waals surface area (Å²) in [5.74, 6) is 1.03. The van der Waals surface area contributed by atoms with Crippen molar-refractivity contribution in [3.8, 4) is 5.75 Å². The first-order valence-electron chi connectivity index (χ1n) is 11.0. The third-order valence-corrected chi connectivity index (χ3v) is 6.97. The van der Waals surface area contributed by atoms with Crippen molar-refractivity contribution in [3.05, 3.63) is 83.9 Å². The molecule has 1 fully saturated rings. The fourth-order valence-electron chi connectivity index (χ4n) is 5.20. The monoisotopic (exact) mass is 397 g/mol.